The average Bonchev–Trinajstić information content (AvgIpc) is 3.01. The molecule has 0 aromatic heterocycles. The van der Waals surface area contributed by atoms with Crippen molar-refractivity contribution in [3.63, 3.8) is 0 Å². The number of hydrogen-bond acceptors (Lipinski definition) is 6. The lowest BCUT2D eigenvalue weighted by Crippen LogP contribution is -2.46. The minimum atomic E-state index is -0.630. The fourth-order valence-corrected chi connectivity index (χ4v) is 5.15. The van der Waals surface area contributed by atoms with Gasteiger partial charge >= 0.3 is 6.03 Å². The van der Waals surface area contributed by atoms with Gasteiger partial charge in [-0.25, -0.2) is 4.79 Å². The minimum Gasteiger partial charge on any atom is -0.392 e. The molecule has 3 aromatic rings. The molecule has 0 aliphatic carbocycles. The highest BCUT2D eigenvalue weighted by atomic mass is 16.7. The molecule has 1 aliphatic rings. The maximum Gasteiger partial charge on any atom is 0.315 e. The third-order valence-electron chi connectivity index (χ3n) is 7.93. The molecule has 2 amide bonds. The van der Waals surface area contributed by atoms with Gasteiger partial charge in [0.2, 0.25) is 0 Å². The molecule has 8 heteroatoms. The molecule has 4 N–H and O–H groups in total. The molecule has 1 aliphatic heterocycles. The van der Waals surface area contributed by atoms with Gasteiger partial charge in [-0.05, 0) is 43.1 Å². The number of benzene rings is 3. The van der Waals surface area contributed by atoms with Crippen molar-refractivity contribution in [1.82, 2.24) is 15.5 Å². The predicted octanol–water partition coefficient (Wildman–Crippen LogP) is 4.84. The Hall–Kier alpha value is -3.27. The van der Waals surface area contributed by atoms with Gasteiger partial charge in [0, 0.05) is 37.2 Å². The fraction of sp³-hybridized carbons (Fsp3) is 0.424. The van der Waals surface area contributed by atoms with Gasteiger partial charge < -0.3 is 30.3 Å². The monoisotopic (exact) mass is 561 g/mol. The predicted molar refractivity (Wildman–Crippen MR) is 159 cm³/mol. The summed E-state index contributed by atoms with van der Waals surface area (Å²) in [5, 5.41) is 26.1. The van der Waals surface area contributed by atoms with E-state index in [1.165, 1.54) is 0 Å². The van der Waals surface area contributed by atoms with E-state index in [2.05, 4.69) is 22.5 Å². The van der Waals surface area contributed by atoms with Crippen molar-refractivity contribution < 1.29 is 24.5 Å². The summed E-state index contributed by atoms with van der Waals surface area (Å²) >= 11 is 0. The van der Waals surface area contributed by atoms with Gasteiger partial charge in [-0.2, -0.15) is 0 Å². The summed E-state index contributed by atoms with van der Waals surface area (Å²) in [7, 11) is 2.01. The molecular weight excluding hydrogens is 518 g/mol. The number of amides is 2. The first-order valence-corrected chi connectivity index (χ1v) is 14.3. The third-order valence-corrected chi connectivity index (χ3v) is 7.93. The van der Waals surface area contributed by atoms with Crippen molar-refractivity contribution in [1.29, 1.82) is 0 Å². The first-order chi connectivity index (χ1) is 19.8. The molecule has 1 heterocycles. The zero-order chi connectivity index (χ0) is 29.4. The summed E-state index contributed by atoms with van der Waals surface area (Å²) in [6, 6.07) is 25.1. The number of ether oxygens (including phenoxy) is 2. The Bertz CT molecular complexity index is 1220. The first kappa shape index (κ1) is 30.7. The second kappa shape index (κ2) is 14.6. The second-order valence-electron chi connectivity index (χ2n) is 10.8. The lowest BCUT2D eigenvalue weighted by Gasteiger charge is -2.43. The van der Waals surface area contributed by atoms with Gasteiger partial charge in [-0.3, -0.25) is 4.90 Å². The Kier molecular flexibility index (Phi) is 10.9. The summed E-state index contributed by atoms with van der Waals surface area (Å²) < 4.78 is 13.2. The van der Waals surface area contributed by atoms with Crippen molar-refractivity contribution in [3.05, 3.63) is 107 Å². The van der Waals surface area contributed by atoms with Crippen molar-refractivity contribution in [3.8, 4) is 0 Å². The number of nitrogens with one attached hydrogen (secondary N) is 2. The van der Waals surface area contributed by atoms with Crippen LogP contribution in [0.5, 0.6) is 0 Å². The van der Waals surface area contributed by atoms with Crippen molar-refractivity contribution >= 4 is 6.03 Å². The van der Waals surface area contributed by atoms with Crippen LogP contribution in [0, 0.1) is 5.92 Å². The maximum absolute atomic E-state index is 11.8. The minimum absolute atomic E-state index is 0.0105. The molecule has 0 saturated carbocycles. The van der Waals surface area contributed by atoms with Gasteiger partial charge in [0.25, 0.3) is 0 Å². The average molecular weight is 562 g/mol. The Balaban J connectivity index is 1.52. The lowest BCUT2D eigenvalue weighted by atomic mass is 9.89. The summed E-state index contributed by atoms with van der Waals surface area (Å²) in [6.07, 6.45) is -1.62. The highest BCUT2D eigenvalue weighted by Crippen LogP contribution is 2.42. The number of carbonyl (C=O) groups excluding carboxylic acids is 1. The molecule has 1 saturated heterocycles. The number of hydrogen-bond donors (Lipinski definition) is 4. The molecule has 41 heavy (non-hydrogen) atoms. The van der Waals surface area contributed by atoms with Crippen LogP contribution in [0.2, 0.25) is 0 Å². The van der Waals surface area contributed by atoms with Crippen LogP contribution in [0.4, 0.5) is 4.79 Å². The van der Waals surface area contributed by atoms with Crippen molar-refractivity contribution in [2.45, 2.75) is 64.6 Å². The van der Waals surface area contributed by atoms with Crippen molar-refractivity contribution in [2.24, 2.45) is 5.92 Å². The number of likely N-dealkylation sites (N-methyl/N-ethyl adjacent to an activating group) is 1. The molecule has 8 nitrogen and oxygen atoms in total. The molecule has 0 spiro atoms. The van der Waals surface area contributed by atoms with Gasteiger partial charge in [-0.1, -0.05) is 85.8 Å². The van der Waals surface area contributed by atoms with E-state index < -0.39 is 12.4 Å². The van der Waals surface area contributed by atoms with Crippen LogP contribution in [0.3, 0.4) is 0 Å². The van der Waals surface area contributed by atoms with Crippen LogP contribution in [0.25, 0.3) is 0 Å². The van der Waals surface area contributed by atoms with Gasteiger partial charge in [0.1, 0.15) is 0 Å². The molecule has 3 aromatic carbocycles. The quantitative estimate of drug-likeness (QED) is 0.267. The van der Waals surface area contributed by atoms with E-state index >= 15 is 0 Å². The first-order valence-electron chi connectivity index (χ1n) is 14.3. The summed E-state index contributed by atoms with van der Waals surface area (Å²) in [6.45, 7) is 7.62. The molecule has 6 atom stereocenters. The maximum atomic E-state index is 11.8. The van der Waals surface area contributed by atoms with E-state index in [1.807, 2.05) is 99.8 Å². The van der Waals surface area contributed by atoms with Crippen LogP contribution < -0.4 is 10.6 Å². The smallest absolute Gasteiger partial charge is 0.315 e. The number of carbonyl (C=O) groups is 1. The third kappa shape index (κ3) is 7.93. The van der Waals surface area contributed by atoms with Crippen LogP contribution in [-0.4, -0.2) is 53.4 Å². The van der Waals surface area contributed by atoms with E-state index in [1.54, 1.807) is 0 Å². The normalized spacial score (nSPS) is 22.2. The SMILES string of the molecule is CCNC(=O)NCc1ccc([C@H]2O[C@@H](CN(C)[C@@H](C)[C@H](O)c3ccccc3)[C@@H](C)[C@@H](c3ccc(CO)cc3)O2)cc1. The Morgan fingerprint density at radius 1 is 0.927 bits per heavy atom. The zero-order valence-electron chi connectivity index (χ0n) is 24.4. The molecular formula is C33H43N3O5. The molecule has 0 bridgehead atoms. The van der Waals surface area contributed by atoms with Crippen LogP contribution in [0.1, 0.15) is 67.1 Å². The fourth-order valence-electron chi connectivity index (χ4n) is 5.15. The Morgan fingerprint density at radius 3 is 2.20 bits per heavy atom. The largest absolute Gasteiger partial charge is 0.392 e. The lowest BCUT2D eigenvalue weighted by molar-refractivity contribution is -0.276. The second-order valence-corrected chi connectivity index (χ2v) is 10.8. The Morgan fingerprint density at radius 2 is 1.56 bits per heavy atom. The molecule has 0 unspecified atom stereocenters. The topological polar surface area (TPSA) is 103 Å². The van der Waals surface area contributed by atoms with Crippen LogP contribution in [0.15, 0.2) is 78.9 Å². The van der Waals surface area contributed by atoms with Crippen LogP contribution >= 0.6 is 0 Å². The zero-order valence-corrected chi connectivity index (χ0v) is 24.4. The highest BCUT2D eigenvalue weighted by Gasteiger charge is 2.39. The number of rotatable bonds is 11. The standard InChI is InChI=1S/C33H43N3O5/c1-5-34-33(39)35-19-24-11-17-28(18-12-24)32-40-29(20-36(4)23(3)30(38)26-9-7-6-8-10-26)22(2)31(41-32)27-15-13-25(21-37)14-16-27/h6-18,22-23,29-32,37-38H,5,19-21H2,1-4H3,(H2,34,35,39)/t22-,23+,29+,30+,31+,32+/m1/s1. The van der Waals surface area contributed by atoms with E-state index in [4.69, 9.17) is 9.47 Å². The van der Waals surface area contributed by atoms with E-state index in [9.17, 15) is 15.0 Å². The van der Waals surface area contributed by atoms with Gasteiger partial charge in [-0.15, -0.1) is 0 Å². The highest BCUT2D eigenvalue weighted by molar-refractivity contribution is 5.73. The summed E-state index contributed by atoms with van der Waals surface area (Å²) in [5.41, 5.74) is 4.62. The summed E-state index contributed by atoms with van der Waals surface area (Å²) in [5.74, 6) is 0.0234. The molecule has 0 radical (unpaired) electrons. The van der Waals surface area contributed by atoms with E-state index in [0.29, 0.717) is 19.6 Å². The van der Waals surface area contributed by atoms with E-state index in [0.717, 1.165) is 27.8 Å². The van der Waals surface area contributed by atoms with Crippen molar-refractivity contribution in [2.75, 3.05) is 20.1 Å². The molecule has 4 rings (SSSR count). The number of aliphatic hydroxyl groups is 2. The number of nitrogens with zero attached hydrogens (tertiary/aromatic N) is 1. The van der Waals surface area contributed by atoms with Gasteiger partial charge in [0.15, 0.2) is 6.29 Å². The molecule has 1 fully saturated rings. The summed E-state index contributed by atoms with van der Waals surface area (Å²) in [4.78, 5) is 13.9. The van der Waals surface area contributed by atoms with Gasteiger partial charge in [0.05, 0.1) is 24.9 Å². The number of aliphatic hydroxyl groups excluding tert-OH is 2. The van der Waals surface area contributed by atoms with Crippen LogP contribution in [-0.2, 0) is 22.6 Å². The molecule has 220 valence electrons. The van der Waals surface area contributed by atoms with E-state index in [-0.39, 0.29) is 36.8 Å². The number of urea groups is 1. The Labute approximate surface area is 243 Å².